The van der Waals surface area contributed by atoms with Crippen LogP contribution in [-0.4, -0.2) is 84.7 Å². The number of carboxylic acid groups (broad SMARTS) is 1. The number of epoxide rings is 1. The minimum Gasteiger partial charge on any atom is -0.479 e. The van der Waals surface area contributed by atoms with Crippen LogP contribution in [0.4, 0.5) is 5.69 Å². The highest BCUT2D eigenvalue weighted by atomic mass is 35.5. The fraction of sp³-hybridized carbons (Fsp3) is 0.471. The second kappa shape index (κ2) is 7.13. The normalized spacial score (nSPS) is 22.1. The fourth-order valence-corrected chi connectivity index (χ4v) is 3.25. The Balaban J connectivity index is 1.53. The van der Waals surface area contributed by atoms with Crippen LogP contribution in [0.5, 0.6) is 0 Å². The zero-order valence-electron chi connectivity index (χ0n) is 14.4. The van der Waals surface area contributed by atoms with E-state index in [0.717, 1.165) is 10.6 Å². The standard InChI is InChI=1S/C17H20ClN3O5/c1-19(15(23)17(11-26-17)16(24)25)10-14(22)21-8-6-20(7-9-21)13-5-3-2-4-12(13)18/h2-5H,6-11H2,1H3,(H,24,25). The number of amides is 2. The van der Waals surface area contributed by atoms with E-state index >= 15 is 0 Å². The lowest BCUT2D eigenvalue weighted by Gasteiger charge is -2.37. The number of rotatable bonds is 5. The third-order valence-corrected chi connectivity index (χ3v) is 4.99. The van der Waals surface area contributed by atoms with Gasteiger partial charge in [-0.15, -0.1) is 0 Å². The summed E-state index contributed by atoms with van der Waals surface area (Å²) < 4.78 is 4.81. The maximum atomic E-state index is 12.4. The molecule has 2 heterocycles. The van der Waals surface area contributed by atoms with Gasteiger partial charge in [-0.1, -0.05) is 23.7 Å². The number of carboxylic acids is 1. The summed E-state index contributed by atoms with van der Waals surface area (Å²) in [4.78, 5) is 40.6. The fourth-order valence-electron chi connectivity index (χ4n) is 3.00. The van der Waals surface area contributed by atoms with E-state index in [1.807, 2.05) is 24.3 Å². The Kier molecular flexibility index (Phi) is 5.06. The highest BCUT2D eigenvalue weighted by Crippen LogP contribution is 2.29. The lowest BCUT2D eigenvalue weighted by Crippen LogP contribution is -2.53. The predicted octanol–water partition coefficient (Wildman–Crippen LogP) is 0.301. The number of ether oxygens (including phenoxy) is 1. The number of carbonyl (C=O) groups excluding carboxylic acids is 2. The molecule has 3 rings (SSSR count). The van der Waals surface area contributed by atoms with Crippen LogP contribution < -0.4 is 4.90 Å². The summed E-state index contributed by atoms with van der Waals surface area (Å²) in [5, 5.41) is 9.75. The van der Waals surface area contributed by atoms with Crippen molar-refractivity contribution in [3.63, 3.8) is 0 Å². The Morgan fingerprint density at radius 1 is 1.23 bits per heavy atom. The van der Waals surface area contributed by atoms with Crippen molar-refractivity contribution < 1.29 is 24.2 Å². The number of nitrogens with zero attached hydrogens (tertiary/aromatic N) is 3. The van der Waals surface area contributed by atoms with Crippen LogP contribution in [0, 0.1) is 0 Å². The minimum atomic E-state index is -1.81. The lowest BCUT2D eigenvalue weighted by atomic mass is 10.1. The van der Waals surface area contributed by atoms with Gasteiger partial charge in [0, 0.05) is 33.2 Å². The average Bonchev–Trinajstić information content (AvgIpc) is 3.43. The SMILES string of the molecule is CN(CC(=O)N1CCN(c2ccccc2Cl)CC1)C(=O)C1(C(=O)O)CO1. The van der Waals surface area contributed by atoms with Crippen molar-refractivity contribution in [2.45, 2.75) is 5.60 Å². The Morgan fingerprint density at radius 2 is 1.85 bits per heavy atom. The van der Waals surface area contributed by atoms with Crippen LogP contribution in [0.3, 0.4) is 0 Å². The Labute approximate surface area is 155 Å². The molecule has 140 valence electrons. The monoisotopic (exact) mass is 381 g/mol. The molecule has 1 aromatic carbocycles. The highest BCUT2D eigenvalue weighted by Gasteiger charge is 2.61. The molecule has 2 fully saturated rings. The van der Waals surface area contributed by atoms with Gasteiger partial charge in [-0.2, -0.15) is 0 Å². The van der Waals surface area contributed by atoms with Crippen LogP contribution in [0.2, 0.25) is 5.02 Å². The van der Waals surface area contributed by atoms with Gasteiger partial charge in [0.15, 0.2) is 0 Å². The van der Waals surface area contributed by atoms with Crippen molar-refractivity contribution in [2.24, 2.45) is 0 Å². The van der Waals surface area contributed by atoms with E-state index in [1.165, 1.54) is 7.05 Å². The van der Waals surface area contributed by atoms with Gasteiger partial charge in [0.05, 0.1) is 23.9 Å². The Bertz CT molecular complexity index is 729. The molecule has 26 heavy (non-hydrogen) atoms. The number of hydrogen-bond acceptors (Lipinski definition) is 5. The molecule has 1 unspecified atom stereocenters. The van der Waals surface area contributed by atoms with E-state index < -0.39 is 17.5 Å². The minimum absolute atomic E-state index is 0.157. The van der Waals surface area contributed by atoms with Crippen molar-refractivity contribution in [3.05, 3.63) is 29.3 Å². The van der Waals surface area contributed by atoms with Crippen LogP contribution in [0.15, 0.2) is 24.3 Å². The number of hydrogen-bond donors (Lipinski definition) is 1. The first-order chi connectivity index (χ1) is 12.3. The van der Waals surface area contributed by atoms with E-state index in [-0.39, 0.29) is 19.1 Å². The van der Waals surface area contributed by atoms with Crippen molar-refractivity contribution in [1.82, 2.24) is 9.80 Å². The summed E-state index contributed by atoms with van der Waals surface area (Å²) in [6, 6.07) is 7.55. The Morgan fingerprint density at radius 3 is 2.38 bits per heavy atom. The number of piperazine rings is 1. The molecule has 0 aliphatic carbocycles. The number of aliphatic carboxylic acids is 1. The number of carbonyl (C=O) groups is 3. The van der Waals surface area contributed by atoms with Crippen LogP contribution in [0.1, 0.15) is 0 Å². The maximum Gasteiger partial charge on any atom is 0.348 e. The zero-order valence-corrected chi connectivity index (χ0v) is 15.1. The van der Waals surface area contributed by atoms with Crippen molar-refractivity contribution in [1.29, 1.82) is 0 Å². The molecule has 9 heteroatoms. The van der Waals surface area contributed by atoms with Gasteiger partial charge >= 0.3 is 5.97 Å². The molecule has 0 radical (unpaired) electrons. The second-order valence-corrected chi connectivity index (χ2v) is 6.81. The van der Waals surface area contributed by atoms with Crippen molar-refractivity contribution >= 4 is 35.1 Å². The first-order valence-corrected chi connectivity index (χ1v) is 8.63. The molecule has 1 N–H and O–H groups in total. The van der Waals surface area contributed by atoms with Crippen LogP contribution >= 0.6 is 11.6 Å². The predicted molar refractivity (Wildman–Crippen MR) is 94.2 cm³/mol. The molecule has 0 aromatic heterocycles. The molecule has 0 bridgehead atoms. The summed E-state index contributed by atoms with van der Waals surface area (Å²) in [5.74, 6) is -2.25. The van der Waals surface area contributed by atoms with Gasteiger partial charge in [0.25, 0.3) is 11.5 Å². The zero-order chi connectivity index (χ0) is 18.9. The number of benzene rings is 1. The van der Waals surface area contributed by atoms with Crippen molar-refractivity contribution in [3.8, 4) is 0 Å². The van der Waals surface area contributed by atoms with Gasteiger partial charge in [0.1, 0.15) is 0 Å². The molecule has 2 aliphatic rings. The van der Waals surface area contributed by atoms with Gasteiger partial charge in [-0.3, -0.25) is 9.59 Å². The molecule has 0 spiro atoms. The van der Waals surface area contributed by atoms with E-state index in [0.29, 0.717) is 31.2 Å². The molecule has 2 aliphatic heterocycles. The smallest absolute Gasteiger partial charge is 0.348 e. The molecule has 8 nitrogen and oxygen atoms in total. The van der Waals surface area contributed by atoms with E-state index in [4.69, 9.17) is 21.4 Å². The number of para-hydroxylation sites is 1. The molecule has 2 saturated heterocycles. The molecular formula is C17H20ClN3O5. The number of anilines is 1. The van der Waals surface area contributed by atoms with Gasteiger partial charge in [-0.05, 0) is 12.1 Å². The highest BCUT2D eigenvalue weighted by molar-refractivity contribution is 6.33. The molecular weight excluding hydrogens is 362 g/mol. The largest absolute Gasteiger partial charge is 0.479 e. The maximum absolute atomic E-state index is 12.4. The van der Waals surface area contributed by atoms with Crippen LogP contribution in [-0.2, 0) is 19.1 Å². The second-order valence-electron chi connectivity index (χ2n) is 6.40. The molecule has 0 saturated carbocycles. The third kappa shape index (κ3) is 3.47. The summed E-state index contributed by atoms with van der Waals surface area (Å²) in [5.41, 5.74) is -0.875. The quantitative estimate of drug-likeness (QED) is 0.582. The summed E-state index contributed by atoms with van der Waals surface area (Å²) in [7, 11) is 1.41. The summed E-state index contributed by atoms with van der Waals surface area (Å²) in [6.07, 6.45) is 0. The number of halogens is 1. The Hall–Kier alpha value is -2.32. The van der Waals surface area contributed by atoms with Crippen LogP contribution in [0.25, 0.3) is 0 Å². The van der Waals surface area contributed by atoms with E-state index in [2.05, 4.69) is 4.90 Å². The van der Waals surface area contributed by atoms with Gasteiger partial charge < -0.3 is 24.5 Å². The first kappa shape index (κ1) is 18.5. The molecule has 2 amide bonds. The third-order valence-electron chi connectivity index (χ3n) is 4.67. The first-order valence-electron chi connectivity index (χ1n) is 8.25. The lowest BCUT2D eigenvalue weighted by molar-refractivity contribution is -0.154. The topological polar surface area (TPSA) is 93.7 Å². The van der Waals surface area contributed by atoms with E-state index in [9.17, 15) is 14.4 Å². The van der Waals surface area contributed by atoms with Crippen molar-refractivity contribution in [2.75, 3.05) is 51.3 Å². The van der Waals surface area contributed by atoms with Gasteiger partial charge in [-0.25, -0.2) is 4.79 Å². The molecule has 1 aromatic rings. The molecule has 1 atom stereocenters. The van der Waals surface area contributed by atoms with E-state index in [1.54, 1.807) is 4.90 Å². The average molecular weight is 382 g/mol. The summed E-state index contributed by atoms with van der Waals surface area (Å²) in [6.45, 7) is 1.95. The van der Waals surface area contributed by atoms with Gasteiger partial charge in [0.2, 0.25) is 5.91 Å². The summed E-state index contributed by atoms with van der Waals surface area (Å²) >= 11 is 6.21. The number of likely N-dealkylation sites (N-methyl/N-ethyl adjacent to an activating group) is 1.